The summed E-state index contributed by atoms with van der Waals surface area (Å²) in [6.07, 6.45) is 11.4. The van der Waals surface area contributed by atoms with Gasteiger partial charge in [-0.15, -0.1) is 0 Å². The molecule has 2 heterocycles. The summed E-state index contributed by atoms with van der Waals surface area (Å²) in [6.45, 7) is 6.23. The molecule has 2 nitrogen and oxygen atoms in total. The lowest BCUT2D eigenvalue weighted by Gasteiger charge is -2.37. The highest BCUT2D eigenvalue weighted by atomic mass is 15.1. The van der Waals surface area contributed by atoms with Crippen molar-refractivity contribution in [2.75, 3.05) is 6.54 Å². The lowest BCUT2D eigenvalue weighted by atomic mass is 9.82. The molecule has 5 atom stereocenters. The fraction of sp³-hybridized carbons (Fsp3) is 1.00. The van der Waals surface area contributed by atoms with Crippen molar-refractivity contribution in [3.8, 4) is 0 Å². The number of hydrogen-bond acceptors (Lipinski definition) is 2. The fourth-order valence-electron chi connectivity index (χ4n) is 6.08. The number of piperidine rings is 1. The summed E-state index contributed by atoms with van der Waals surface area (Å²) < 4.78 is 0. The number of rotatable bonds is 0. The first kappa shape index (κ1) is 11.7. The van der Waals surface area contributed by atoms with E-state index in [4.69, 9.17) is 0 Å². The molecule has 2 aliphatic heterocycles. The van der Waals surface area contributed by atoms with Crippen molar-refractivity contribution in [1.82, 2.24) is 10.6 Å². The van der Waals surface area contributed by atoms with E-state index in [1.807, 2.05) is 0 Å². The summed E-state index contributed by atoms with van der Waals surface area (Å²) >= 11 is 0. The summed E-state index contributed by atoms with van der Waals surface area (Å²) in [5.41, 5.74) is 1.39. The minimum absolute atomic E-state index is 0.431. The van der Waals surface area contributed by atoms with E-state index in [0.29, 0.717) is 16.6 Å². The topological polar surface area (TPSA) is 24.1 Å². The van der Waals surface area contributed by atoms with Crippen LogP contribution < -0.4 is 10.6 Å². The monoisotopic (exact) mass is 248 g/mol. The van der Waals surface area contributed by atoms with Crippen molar-refractivity contribution in [2.24, 2.45) is 11.8 Å². The van der Waals surface area contributed by atoms with Gasteiger partial charge in [0.2, 0.25) is 0 Å². The standard InChI is InChI=1S/C16H28N2/c1-14-7-3-5-12(14)9-16(18-14)10-13-6-4-8-17-15(13,2)11-16/h12-13,17-18H,3-11H2,1-2H3. The zero-order chi connectivity index (χ0) is 12.4. The van der Waals surface area contributed by atoms with Crippen molar-refractivity contribution in [1.29, 1.82) is 0 Å². The molecule has 102 valence electrons. The highest BCUT2D eigenvalue weighted by Gasteiger charge is 2.60. The van der Waals surface area contributed by atoms with Crippen LogP contribution in [0.5, 0.6) is 0 Å². The Kier molecular flexibility index (Phi) is 2.29. The van der Waals surface area contributed by atoms with Crippen LogP contribution in [-0.4, -0.2) is 23.2 Å². The predicted octanol–water partition coefficient (Wildman–Crippen LogP) is 2.83. The molecule has 5 unspecified atom stereocenters. The summed E-state index contributed by atoms with van der Waals surface area (Å²) in [6, 6.07) is 0. The second-order valence-corrected chi connectivity index (χ2v) is 8.18. The van der Waals surface area contributed by atoms with E-state index in [2.05, 4.69) is 24.5 Å². The van der Waals surface area contributed by atoms with Crippen molar-refractivity contribution >= 4 is 0 Å². The Morgan fingerprint density at radius 3 is 2.39 bits per heavy atom. The third-order valence-corrected chi connectivity index (χ3v) is 6.84. The quantitative estimate of drug-likeness (QED) is 0.689. The number of nitrogens with one attached hydrogen (secondary N) is 2. The summed E-state index contributed by atoms with van der Waals surface area (Å²) in [5, 5.41) is 7.99. The van der Waals surface area contributed by atoms with Gasteiger partial charge in [-0.05, 0) is 77.2 Å². The molecule has 2 N–H and O–H groups in total. The van der Waals surface area contributed by atoms with E-state index < -0.39 is 0 Å². The van der Waals surface area contributed by atoms with Gasteiger partial charge in [0, 0.05) is 16.6 Å². The largest absolute Gasteiger partial charge is 0.311 e. The first-order valence-electron chi connectivity index (χ1n) is 8.08. The molecule has 4 fully saturated rings. The van der Waals surface area contributed by atoms with Crippen molar-refractivity contribution < 1.29 is 0 Å². The van der Waals surface area contributed by atoms with Crippen LogP contribution in [0.2, 0.25) is 0 Å². The van der Waals surface area contributed by atoms with E-state index in [0.717, 1.165) is 11.8 Å². The molecule has 0 aromatic heterocycles. The van der Waals surface area contributed by atoms with Gasteiger partial charge in [-0.2, -0.15) is 0 Å². The molecule has 0 aromatic rings. The molecule has 4 rings (SSSR count). The van der Waals surface area contributed by atoms with Gasteiger partial charge >= 0.3 is 0 Å². The summed E-state index contributed by atoms with van der Waals surface area (Å²) in [5.74, 6) is 1.88. The van der Waals surface area contributed by atoms with E-state index in [1.54, 1.807) is 0 Å². The maximum atomic E-state index is 4.15. The Bertz CT molecular complexity index is 368. The van der Waals surface area contributed by atoms with E-state index in [1.165, 1.54) is 57.9 Å². The SMILES string of the molecule is CC12CC3(CC1CCCN2)CC1CCCC1(C)N3. The molecule has 0 amide bonds. The maximum absolute atomic E-state index is 4.15. The van der Waals surface area contributed by atoms with Crippen LogP contribution >= 0.6 is 0 Å². The Labute approximate surface area is 111 Å². The summed E-state index contributed by atoms with van der Waals surface area (Å²) in [4.78, 5) is 0. The Morgan fingerprint density at radius 2 is 1.67 bits per heavy atom. The lowest BCUT2D eigenvalue weighted by Crippen LogP contribution is -2.52. The molecule has 1 spiro atoms. The van der Waals surface area contributed by atoms with Gasteiger partial charge in [0.15, 0.2) is 0 Å². The van der Waals surface area contributed by atoms with Crippen LogP contribution in [0.4, 0.5) is 0 Å². The van der Waals surface area contributed by atoms with Gasteiger partial charge in [0.25, 0.3) is 0 Å². The molecule has 0 aromatic carbocycles. The summed E-state index contributed by atoms with van der Waals surface area (Å²) in [7, 11) is 0. The van der Waals surface area contributed by atoms with Crippen molar-refractivity contribution in [3.05, 3.63) is 0 Å². The number of fused-ring (bicyclic) bond motifs is 2. The molecule has 2 heteroatoms. The fourth-order valence-corrected chi connectivity index (χ4v) is 6.08. The third kappa shape index (κ3) is 1.48. The molecular weight excluding hydrogens is 220 g/mol. The molecule has 0 bridgehead atoms. The normalized spacial score (nSPS) is 59.0. The van der Waals surface area contributed by atoms with Gasteiger partial charge in [0.1, 0.15) is 0 Å². The molecule has 2 aliphatic carbocycles. The first-order chi connectivity index (χ1) is 8.54. The van der Waals surface area contributed by atoms with E-state index in [9.17, 15) is 0 Å². The lowest BCUT2D eigenvalue weighted by molar-refractivity contribution is 0.210. The van der Waals surface area contributed by atoms with Crippen LogP contribution in [0.25, 0.3) is 0 Å². The highest BCUT2D eigenvalue weighted by Crippen LogP contribution is 2.56. The van der Waals surface area contributed by atoms with Crippen LogP contribution in [0.15, 0.2) is 0 Å². The van der Waals surface area contributed by atoms with E-state index >= 15 is 0 Å². The average Bonchev–Trinajstić information content (AvgIpc) is 2.84. The van der Waals surface area contributed by atoms with E-state index in [-0.39, 0.29) is 0 Å². The van der Waals surface area contributed by atoms with Gasteiger partial charge < -0.3 is 10.6 Å². The van der Waals surface area contributed by atoms with Gasteiger partial charge in [0.05, 0.1) is 0 Å². The van der Waals surface area contributed by atoms with Gasteiger partial charge in [-0.25, -0.2) is 0 Å². The van der Waals surface area contributed by atoms with Crippen molar-refractivity contribution in [3.63, 3.8) is 0 Å². The predicted molar refractivity (Wildman–Crippen MR) is 74.6 cm³/mol. The molecule has 2 saturated heterocycles. The van der Waals surface area contributed by atoms with Gasteiger partial charge in [-0.3, -0.25) is 0 Å². The molecule has 4 aliphatic rings. The van der Waals surface area contributed by atoms with Crippen molar-refractivity contribution in [2.45, 2.75) is 81.8 Å². The highest BCUT2D eigenvalue weighted by molar-refractivity contribution is 5.19. The zero-order valence-electron chi connectivity index (χ0n) is 12.0. The number of hydrogen-bond donors (Lipinski definition) is 2. The van der Waals surface area contributed by atoms with Crippen LogP contribution in [-0.2, 0) is 0 Å². The average molecular weight is 248 g/mol. The minimum atomic E-state index is 0.431. The van der Waals surface area contributed by atoms with Crippen LogP contribution in [0.1, 0.15) is 65.2 Å². The van der Waals surface area contributed by atoms with Gasteiger partial charge in [-0.1, -0.05) is 6.42 Å². The zero-order valence-corrected chi connectivity index (χ0v) is 12.0. The molecule has 18 heavy (non-hydrogen) atoms. The first-order valence-corrected chi connectivity index (χ1v) is 8.08. The smallest absolute Gasteiger partial charge is 0.0210 e. The third-order valence-electron chi connectivity index (χ3n) is 6.84. The Hall–Kier alpha value is -0.0800. The Morgan fingerprint density at radius 1 is 0.944 bits per heavy atom. The van der Waals surface area contributed by atoms with Crippen LogP contribution in [0.3, 0.4) is 0 Å². The molecule has 0 radical (unpaired) electrons. The maximum Gasteiger partial charge on any atom is 0.0210 e. The molecule has 2 saturated carbocycles. The minimum Gasteiger partial charge on any atom is -0.311 e. The second kappa shape index (κ2) is 3.52. The second-order valence-electron chi connectivity index (χ2n) is 8.18. The van der Waals surface area contributed by atoms with Crippen LogP contribution in [0, 0.1) is 11.8 Å². The molecular formula is C16H28N2. The Balaban J connectivity index is 1.60.